The van der Waals surface area contributed by atoms with Gasteiger partial charge in [-0.15, -0.1) is 0 Å². The summed E-state index contributed by atoms with van der Waals surface area (Å²) in [4.78, 5) is 22.5. The molecule has 0 spiro atoms. The highest BCUT2D eigenvalue weighted by atomic mass is 16.5. The lowest BCUT2D eigenvalue weighted by Gasteiger charge is -2.14. The largest absolute Gasteiger partial charge is 0.426 e. The summed E-state index contributed by atoms with van der Waals surface area (Å²) >= 11 is 0. The molecule has 0 atom stereocenters. The van der Waals surface area contributed by atoms with E-state index in [9.17, 15) is 9.59 Å². The highest BCUT2D eigenvalue weighted by Crippen LogP contribution is 2.37. The molecule has 104 valence electrons. The smallest absolute Gasteiger partial charge is 0.308 e. The molecule has 0 bridgehead atoms. The zero-order chi connectivity index (χ0) is 14.7. The molecule has 4 heteroatoms. The van der Waals surface area contributed by atoms with Gasteiger partial charge in [-0.1, -0.05) is 31.2 Å². The minimum Gasteiger partial charge on any atom is -0.426 e. The van der Waals surface area contributed by atoms with Crippen LogP contribution >= 0.6 is 0 Å². The molecule has 2 rings (SSSR count). The van der Waals surface area contributed by atoms with Crippen LogP contribution in [0.15, 0.2) is 30.3 Å². The van der Waals surface area contributed by atoms with Gasteiger partial charge in [0.05, 0.1) is 0 Å². The zero-order valence-corrected chi connectivity index (χ0v) is 11.7. The highest BCUT2D eigenvalue weighted by molar-refractivity contribution is 5.97. The highest BCUT2D eigenvalue weighted by Gasteiger charge is 2.15. The molecule has 0 aliphatic rings. The summed E-state index contributed by atoms with van der Waals surface area (Å²) in [6.07, 6.45) is 0.668. The van der Waals surface area contributed by atoms with Gasteiger partial charge >= 0.3 is 11.9 Å². The third-order valence-electron chi connectivity index (χ3n) is 2.91. The van der Waals surface area contributed by atoms with Crippen molar-refractivity contribution in [3.63, 3.8) is 0 Å². The number of hydrogen-bond acceptors (Lipinski definition) is 4. The molecular weight excluding hydrogens is 256 g/mol. The van der Waals surface area contributed by atoms with Crippen LogP contribution in [0.4, 0.5) is 0 Å². The van der Waals surface area contributed by atoms with Crippen LogP contribution in [0.3, 0.4) is 0 Å². The average Bonchev–Trinajstić information content (AvgIpc) is 2.40. The van der Waals surface area contributed by atoms with E-state index in [0.29, 0.717) is 17.9 Å². The van der Waals surface area contributed by atoms with Crippen molar-refractivity contribution >= 4 is 22.7 Å². The van der Waals surface area contributed by atoms with E-state index in [1.54, 1.807) is 6.07 Å². The molecule has 0 saturated carbocycles. The number of ether oxygens (including phenoxy) is 2. The third-order valence-corrected chi connectivity index (χ3v) is 2.91. The van der Waals surface area contributed by atoms with E-state index >= 15 is 0 Å². The third kappa shape index (κ3) is 2.79. The Morgan fingerprint density at radius 2 is 1.60 bits per heavy atom. The first-order chi connectivity index (χ1) is 9.52. The first kappa shape index (κ1) is 14.1. The van der Waals surface area contributed by atoms with Crippen LogP contribution in [0.1, 0.15) is 26.3 Å². The Morgan fingerprint density at radius 3 is 2.15 bits per heavy atom. The second-order valence-corrected chi connectivity index (χ2v) is 4.45. The van der Waals surface area contributed by atoms with Crippen LogP contribution < -0.4 is 9.47 Å². The second kappa shape index (κ2) is 5.74. The maximum atomic E-state index is 11.3. The topological polar surface area (TPSA) is 52.6 Å². The maximum Gasteiger partial charge on any atom is 0.308 e. The van der Waals surface area contributed by atoms with Crippen LogP contribution in [0.25, 0.3) is 10.8 Å². The molecule has 0 amide bonds. The predicted molar refractivity (Wildman–Crippen MR) is 75.9 cm³/mol. The molecule has 0 aliphatic heterocycles. The summed E-state index contributed by atoms with van der Waals surface area (Å²) in [5.74, 6) is 0.273. The molecule has 2 aromatic rings. The molecule has 0 aliphatic carbocycles. The molecule has 0 saturated heterocycles. The maximum absolute atomic E-state index is 11.3. The van der Waals surface area contributed by atoms with E-state index in [2.05, 4.69) is 0 Å². The first-order valence-corrected chi connectivity index (χ1v) is 6.44. The van der Waals surface area contributed by atoms with Gasteiger partial charge in [0.15, 0.2) is 0 Å². The van der Waals surface area contributed by atoms with Gasteiger partial charge in [0.25, 0.3) is 0 Å². The summed E-state index contributed by atoms with van der Waals surface area (Å²) in [6.45, 7) is 4.68. The Morgan fingerprint density at radius 1 is 1.00 bits per heavy atom. The molecule has 20 heavy (non-hydrogen) atoms. The Balaban J connectivity index is 2.72. The molecule has 0 aromatic heterocycles. The van der Waals surface area contributed by atoms with Gasteiger partial charge in [0.1, 0.15) is 11.5 Å². The van der Waals surface area contributed by atoms with Crippen molar-refractivity contribution in [2.75, 3.05) is 0 Å². The standard InChI is InChI=1S/C16H16O4/c1-4-12-9-15(19-10(2)17)13-7-5-6-8-14(13)16(12)20-11(3)18/h5-9H,4H2,1-3H3. The van der Waals surface area contributed by atoms with E-state index in [4.69, 9.17) is 9.47 Å². The van der Waals surface area contributed by atoms with Gasteiger partial charge < -0.3 is 9.47 Å². The number of rotatable bonds is 3. The molecule has 0 unspecified atom stereocenters. The monoisotopic (exact) mass is 272 g/mol. The Bertz CT molecular complexity index is 673. The zero-order valence-electron chi connectivity index (χ0n) is 11.7. The van der Waals surface area contributed by atoms with E-state index in [0.717, 1.165) is 16.3 Å². The number of esters is 2. The summed E-state index contributed by atoms with van der Waals surface area (Å²) < 4.78 is 10.6. The molecule has 0 N–H and O–H groups in total. The summed E-state index contributed by atoms with van der Waals surface area (Å²) in [5, 5.41) is 1.51. The number of fused-ring (bicyclic) bond motifs is 1. The van der Waals surface area contributed by atoms with E-state index < -0.39 is 0 Å². The molecular formula is C16H16O4. The minimum absolute atomic E-state index is 0.370. The van der Waals surface area contributed by atoms with E-state index in [1.165, 1.54) is 13.8 Å². The Kier molecular flexibility index (Phi) is 4.03. The number of hydrogen-bond donors (Lipinski definition) is 0. The SMILES string of the molecule is CCc1cc(OC(C)=O)c2ccccc2c1OC(C)=O. The molecule has 2 aromatic carbocycles. The fourth-order valence-electron chi connectivity index (χ4n) is 2.14. The minimum atomic E-state index is -0.377. The van der Waals surface area contributed by atoms with Crippen molar-refractivity contribution in [1.82, 2.24) is 0 Å². The fourth-order valence-corrected chi connectivity index (χ4v) is 2.14. The van der Waals surface area contributed by atoms with Crippen molar-refractivity contribution < 1.29 is 19.1 Å². The van der Waals surface area contributed by atoms with Crippen LogP contribution in [0.2, 0.25) is 0 Å². The number of aryl methyl sites for hydroxylation is 1. The van der Waals surface area contributed by atoms with E-state index in [-0.39, 0.29) is 11.9 Å². The lowest BCUT2D eigenvalue weighted by Crippen LogP contribution is -2.07. The van der Waals surface area contributed by atoms with Gasteiger partial charge in [0.2, 0.25) is 0 Å². The molecule has 4 nitrogen and oxygen atoms in total. The van der Waals surface area contributed by atoms with Gasteiger partial charge in [-0.05, 0) is 18.1 Å². The first-order valence-electron chi connectivity index (χ1n) is 6.44. The number of carbonyl (C=O) groups excluding carboxylic acids is 2. The Hall–Kier alpha value is -2.36. The van der Waals surface area contributed by atoms with Crippen molar-refractivity contribution in [3.05, 3.63) is 35.9 Å². The second-order valence-electron chi connectivity index (χ2n) is 4.45. The average molecular weight is 272 g/mol. The van der Waals surface area contributed by atoms with Crippen LogP contribution in [0, 0.1) is 0 Å². The molecule has 0 heterocycles. The van der Waals surface area contributed by atoms with Crippen molar-refractivity contribution in [2.45, 2.75) is 27.2 Å². The lowest BCUT2D eigenvalue weighted by atomic mass is 10.0. The van der Waals surface area contributed by atoms with Crippen LogP contribution in [-0.4, -0.2) is 11.9 Å². The van der Waals surface area contributed by atoms with Crippen molar-refractivity contribution in [1.29, 1.82) is 0 Å². The number of benzene rings is 2. The summed E-state index contributed by atoms with van der Waals surface area (Å²) in [5.41, 5.74) is 0.829. The van der Waals surface area contributed by atoms with Gasteiger partial charge in [0, 0.05) is 24.6 Å². The molecule has 0 radical (unpaired) electrons. The van der Waals surface area contributed by atoms with Crippen molar-refractivity contribution in [2.24, 2.45) is 0 Å². The van der Waals surface area contributed by atoms with Crippen LogP contribution in [0.5, 0.6) is 11.5 Å². The van der Waals surface area contributed by atoms with Crippen LogP contribution in [-0.2, 0) is 16.0 Å². The summed E-state index contributed by atoms with van der Waals surface area (Å²) in [6, 6.07) is 9.13. The van der Waals surface area contributed by atoms with E-state index in [1.807, 2.05) is 31.2 Å². The van der Waals surface area contributed by atoms with Gasteiger partial charge in [-0.2, -0.15) is 0 Å². The Labute approximate surface area is 117 Å². The van der Waals surface area contributed by atoms with Gasteiger partial charge in [-0.3, -0.25) is 9.59 Å². The normalized spacial score (nSPS) is 10.3. The predicted octanol–water partition coefficient (Wildman–Crippen LogP) is 3.25. The quantitative estimate of drug-likeness (QED) is 0.635. The summed E-state index contributed by atoms with van der Waals surface area (Å²) in [7, 11) is 0. The fraction of sp³-hybridized carbons (Fsp3) is 0.250. The molecule has 0 fully saturated rings. The number of carbonyl (C=O) groups is 2. The van der Waals surface area contributed by atoms with Gasteiger partial charge in [-0.25, -0.2) is 0 Å². The lowest BCUT2D eigenvalue weighted by molar-refractivity contribution is -0.133. The van der Waals surface area contributed by atoms with Crippen molar-refractivity contribution in [3.8, 4) is 11.5 Å².